The van der Waals surface area contributed by atoms with Gasteiger partial charge in [0.05, 0.1) is 21.7 Å². The quantitative estimate of drug-likeness (QED) is 0.581. The number of fused-ring (bicyclic) bond motifs is 1. The van der Waals surface area contributed by atoms with Gasteiger partial charge in [-0.3, -0.25) is 0 Å². The van der Waals surface area contributed by atoms with Crippen LogP contribution in [-0.4, -0.2) is 51.2 Å². The highest BCUT2D eigenvalue weighted by Gasteiger charge is 2.45. The number of aromatic amines is 1. The van der Waals surface area contributed by atoms with E-state index in [1.165, 1.54) is 0 Å². The van der Waals surface area contributed by atoms with E-state index in [0.29, 0.717) is 13.0 Å². The summed E-state index contributed by atoms with van der Waals surface area (Å²) in [4.78, 5) is 3.41. The number of para-hydroxylation sites is 1. The molecule has 8 heteroatoms. The predicted molar refractivity (Wildman–Crippen MR) is 119 cm³/mol. The molecule has 6 nitrogen and oxygen atoms in total. The van der Waals surface area contributed by atoms with Gasteiger partial charge in [0.25, 0.3) is 0 Å². The van der Waals surface area contributed by atoms with Crippen LogP contribution in [0, 0.1) is 0 Å². The minimum absolute atomic E-state index is 0.155. The summed E-state index contributed by atoms with van der Waals surface area (Å²) in [5.74, 6) is -0.493. The molecule has 1 saturated heterocycles. The lowest BCUT2D eigenvalue weighted by Crippen LogP contribution is -2.44. The Morgan fingerprint density at radius 1 is 1.07 bits per heavy atom. The Hall–Kier alpha value is -2.16. The van der Waals surface area contributed by atoms with Crippen molar-refractivity contribution in [2.75, 3.05) is 18.1 Å². The minimum atomic E-state index is -3.75. The zero-order valence-corrected chi connectivity index (χ0v) is 18.5. The van der Waals surface area contributed by atoms with Crippen molar-refractivity contribution in [3.8, 4) is 0 Å². The van der Waals surface area contributed by atoms with Gasteiger partial charge in [-0.15, -0.1) is 0 Å². The first kappa shape index (κ1) is 21.1. The first-order chi connectivity index (χ1) is 14.3. The largest absolute Gasteiger partial charge is 0.361 e. The molecule has 2 atom stereocenters. The summed E-state index contributed by atoms with van der Waals surface area (Å²) >= 11 is 0. The third-order valence-corrected chi connectivity index (χ3v) is 10.0. The molecule has 1 aliphatic rings. The Kier molecular flexibility index (Phi) is 5.74. The smallest absolute Gasteiger partial charge is 0.183 e. The molecule has 1 aromatic heterocycles. The molecule has 160 valence electrons. The van der Waals surface area contributed by atoms with Gasteiger partial charge in [-0.2, -0.15) is 0 Å². The van der Waals surface area contributed by atoms with Crippen LogP contribution < -0.4 is 5.32 Å². The number of rotatable bonds is 7. The second-order valence-electron chi connectivity index (χ2n) is 7.83. The lowest BCUT2D eigenvalue weighted by Gasteiger charge is -2.20. The van der Waals surface area contributed by atoms with Gasteiger partial charge in [0, 0.05) is 23.1 Å². The third-order valence-electron chi connectivity index (χ3n) is 5.83. The Morgan fingerprint density at radius 2 is 1.80 bits per heavy atom. The van der Waals surface area contributed by atoms with E-state index in [0.717, 1.165) is 28.5 Å². The topological polar surface area (TPSA) is 96.1 Å². The van der Waals surface area contributed by atoms with E-state index in [-0.39, 0.29) is 16.4 Å². The molecule has 2 aromatic carbocycles. The van der Waals surface area contributed by atoms with E-state index in [2.05, 4.69) is 10.3 Å². The summed E-state index contributed by atoms with van der Waals surface area (Å²) in [5.41, 5.74) is 3.21. The predicted octanol–water partition coefficient (Wildman–Crippen LogP) is 2.50. The molecular weight excluding hydrogens is 420 g/mol. The molecule has 30 heavy (non-hydrogen) atoms. The van der Waals surface area contributed by atoms with E-state index in [4.69, 9.17) is 0 Å². The fourth-order valence-corrected chi connectivity index (χ4v) is 8.85. The zero-order valence-electron chi connectivity index (χ0n) is 16.8. The number of H-pyrrole nitrogens is 1. The lowest BCUT2D eigenvalue weighted by atomic mass is 10.1. The molecule has 0 saturated carbocycles. The van der Waals surface area contributed by atoms with Crippen LogP contribution in [0.2, 0.25) is 0 Å². The van der Waals surface area contributed by atoms with Crippen molar-refractivity contribution in [2.24, 2.45) is 0 Å². The van der Waals surface area contributed by atoms with Crippen LogP contribution in [0.5, 0.6) is 0 Å². The summed E-state index contributed by atoms with van der Waals surface area (Å²) in [5, 5.41) is 3.37. The maximum Gasteiger partial charge on any atom is 0.183 e. The Bertz CT molecular complexity index is 1250. The third kappa shape index (κ3) is 4.17. The van der Waals surface area contributed by atoms with Crippen molar-refractivity contribution in [1.82, 2.24) is 10.3 Å². The molecule has 1 aliphatic heterocycles. The molecule has 4 rings (SSSR count). The number of hydrogen-bond acceptors (Lipinski definition) is 5. The Morgan fingerprint density at radius 3 is 2.53 bits per heavy atom. The van der Waals surface area contributed by atoms with Gasteiger partial charge in [0.15, 0.2) is 19.7 Å². The maximum absolute atomic E-state index is 13.2. The molecule has 0 bridgehead atoms. The Balaban J connectivity index is 1.50. The van der Waals surface area contributed by atoms with Crippen LogP contribution in [0.25, 0.3) is 10.9 Å². The summed E-state index contributed by atoms with van der Waals surface area (Å²) in [6.45, 7) is 2.50. The normalized spacial score (nSPS) is 21.2. The number of hydrogen-bond donors (Lipinski definition) is 2. The van der Waals surface area contributed by atoms with Crippen molar-refractivity contribution in [3.05, 3.63) is 65.9 Å². The fraction of sp³-hybridized carbons (Fsp3) is 0.364. The molecule has 0 aliphatic carbocycles. The van der Waals surface area contributed by atoms with Gasteiger partial charge in [0.1, 0.15) is 0 Å². The van der Waals surface area contributed by atoms with Crippen LogP contribution in [0.3, 0.4) is 0 Å². The van der Waals surface area contributed by atoms with E-state index in [9.17, 15) is 16.8 Å². The summed E-state index contributed by atoms with van der Waals surface area (Å²) in [7, 11) is -7.17. The lowest BCUT2D eigenvalue weighted by molar-refractivity contribution is 0.528. The molecule has 0 unspecified atom stereocenters. The average Bonchev–Trinajstić information content (AvgIpc) is 3.28. The van der Waals surface area contributed by atoms with Crippen molar-refractivity contribution in [2.45, 2.75) is 36.0 Å². The van der Waals surface area contributed by atoms with Crippen molar-refractivity contribution in [1.29, 1.82) is 0 Å². The minimum Gasteiger partial charge on any atom is -0.361 e. The van der Waals surface area contributed by atoms with Gasteiger partial charge < -0.3 is 10.3 Å². The van der Waals surface area contributed by atoms with Crippen LogP contribution in [-0.2, 0) is 32.5 Å². The molecule has 2 heterocycles. The summed E-state index contributed by atoms with van der Waals surface area (Å²) < 4.78 is 51.0. The highest BCUT2D eigenvalue weighted by Crippen LogP contribution is 2.26. The second kappa shape index (κ2) is 8.17. The van der Waals surface area contributed by atoms with Gasteiger partial charge in [-0.25, -0.2) is 16.8 Å². The summed E-state index contributed by atoms with van der Waals surface area (Å²) in [6.07, 6.45) is 3.44. The molecule has 1 fully saturated rings. The van der Waals surface area contributed by atoms with E-state index >= 15 is 0 Å². The van der Waals surface area contributed by atoms with Gasteiger partial charge in [-0.1, -0.05) is 37.3 Å². The molecule has 0 radical (unpaired) electrons. The Labute approximate surface area is 177 Å². The van der Waals surface area contributed by atoms with E-state index in [1.54, 1.807) is 24.3 Å². The number of nitrogens with one attached hydrogen (secondary N) is 2. The maximum atomic E-state index is 13.2. The van der Waals surface area contributed by atoms with Crippen LogP contribution in [0.1, 0.15) is 18.1 Å². The van der Waals surface area contributed by atoms with Gasteiger partial charge in [-0.05, 0) is 48.7 Å². The van der Waals surface area contributed by atoms with Crippen molar-refractivity contribution >= 4 is 30.6 Å². The molecule has 2 N–H and O–H groups in total. The number of benzene rings is 2. The molecule has 0 spiro atoms. The van der Waals surface area contributed by atoms with Crippen LogP contribution >= 0.6 is 0 Å². The SMILES string of the molecule is CCc1ccc(S(=O)(=O)[C@@H]2CS(=O)(=O)C[C@H]2NCCc2c[nH]c3ccccc23)cc1. The van der Waals surface area contributed by atoms with Crippen molar-refractivity contribution < 1.29 is 16.8 Å². The second-order valence-corrected chi connectivity index (χ2v) is 12.1. The first-order valence-electron chi connectivity index (χ1n) is 10.1. The molecular formula is C22H26N2O4S2. The van der Waals surface area contributed by atoms with Gasteiger partial charge >= 0.3 is 0 Å². The average molecular weight is 447 g/mol. The van der Waals surface area contributed by atoms with Crippen LogP contribution in [0.15, 0.2) is 59.6 Å². The van der Waals surface area contributed by atoms with Crippen LogP contribution in [0.4, 0.5) is 0 Å². The van der Waals surface area contributed by atoms with E-state index < -0.39 is 31.0 Å². The highest BCUT2D eigenvalue weighted by molar-refractivity contribution is 7.96. The zero-order chi connectivity index (χ0) is 21.4. The number of sulfone groups is 2. The fourth-order valence-electron chi connectivity index (χ4n) is 4.13. The number of aryl methyl sites for hydroxylation is 1. The molecule has 3 aromatic rings. The highest BCUT2D eigenvalue weighted by atomic mass is 32.2. The van der Waals surface area contributed by atoms with Gasteiger partial charge in [0.2, 0.25) is 0 Å². The number of aromatic nitrogens is 1. The standard InChI is InChI=1S/C22H26N2O4S2/c1-2-16-7-9-18(10-8-16)30(27,28)22-15-29(25,26)14-21(22)23-12-11-17-13-24-20-6-4-3-5-19(17)20/h3-10,13,21-24H,2,11-12,14-15H2,1H3/t21-,22-/m1/s1. The van der Waals surface area contributed by atoms with Crippen molar-refractivity contribution in [3.63, 3.8) is 0 Å². The summed E-state index contributed by atoms with van der Waals surface area (Å²) in [6, 6.07) is 14.1. The van der Waals surface area contributed by atoms with E-state index in [1.807, 2.05) is 37.4 Å². The first-order valence-corrected chi connectivity index (χ1v) is 13.5. The monoisotopic (exact) mass is 446 g/mol. The molecule has 0 amide bonds.